The molecule has 0 aliphatic carbocycles. The lowest BCUT2D eigenvalue weighted by Crippen LogP contribution is -2.22. The fraction of sp³-hybridized carbons (Fsp3) is 0.455. The van der Waals surface area contributed by atoms with Crippen LogP contribution in [0.1, 0.15) is 32.4 Å². The van der Waals surface area contributed by atoms with Crippen molar-refractivity contribution in [2.24, 2.45) is 5.41 Å². The Labute approximate surface area is 94.9 Å². The summed E-state index contributed by atoms with van der Waals surface area (Å²) in [4.78, 5) is 0. The first kappa shape index (κ1) is 13.9. The van der Waals surface area contributed by atoms with Crippen LogP contribution in [0.4, 0.5) is 22.0 Å². The summed E-state index contributed by atoms with van der Waals surface area (Å²) in [6.45, 7) is 4.24. The molecule has 0 aliphatic heterocycles. The quantitative estimate of drug-likeness (QED) is 0.462. The summed E-state index contributed by atoms with van der Waals surface area (Å²) in [6.07, 6.45) is -1.80. The van der Waals surface area contributed by atoms with Gasteiger partial charge in [0.2, 0.25) is 5.82 Å². The van der Waals surface area contributed by atoms with Crippen LogP contribution in [0, 0.1) is 34.5 Å². The number of aliphatic hydroxyl groups excluding tert-OH is 1. The zero-order valence-corrected chi connectivity index (χ0v) is 9.41. The normalized spacial score (nSPS) is 13.9. The molecule has 96 valence electrons. The fourth-order valence-electron chi connectivity index (χ4n) is 1.29. The zero-order chi connectivity index (χ0) is 13.5. The zero-order valence-electron chi connectivity index (χ0n) is 9.41. The van der Waals surface area contributed by atoms with Gasteiger partial charge in [-0.05, 0) is 5.41 Å². The molecule has 1 N–H and O–H groups in total. The van der Waals surface area contributed by atoms with Crippen LogP contribution in [0.5, 0.6) is 0 Å². The summed E-state index contributed by atoms with van der Waals surface area (Å²) in [6, 6.07) is 0. The van der Waals surface area contributed by atoms with Crippen molar-refractivity contribution in [1.82, 2.24) is 0 Å². The van der Waals surface area contributed by atoms with Crippen LogP contribution in [-0.2, 0) is 0 Å². The van der Waals surface area contributed by atoms with Gasteiger partial charge in [0.1, 0.15) is 0 Å². The lowest BCUT2D eigenvalue weighted by atomic mass is 9.84. The Morgan fingerprint density at radius 3 is 1.35 bits per heavy atom. The van der Waals surface area contributed by atoms with Gasteiger partial charge in [-0.3, -0.25) is 0 Å². The SMILES string of the molecule is CC(C)(C)[C@H](O)c1c(F)c(F)c(F)c(F)c1F. The third-order valence-corrected chi connectivity index (χ3v) is 2.34. The average Bonchev–Trinajstić information content (AvgIpc) is 2.22. The largest absolute Gasteiger partial charge is 0.388 e. The molecule has 0 amide bonds. The molecule has 0 saturated carbocycles. The Morgan fingerprint density at radius 1 is 0.765 bits per heavy atom. The minimum Gasteiger partial charge on any atom is -0.388 e. The van der Waals surface area contributed by atoms with Gasteiger partial charge in [-0.25, -0.2) is 22.0 Å². The molecule has 1 rings (SSSR count). The molecule has 17 heavy (non-hydrogen) atoms. The van der Waals surface area contributed by atoms with E-state index in [1.165, 1.54) is 20.8 Å². The molecule has 0 fully saturated rings. The van der Waals surface area contributed by atoms with Gasteiger partial charge in [-0.1, -0.05) is 20.8 Å². The fourth-order valence-corrected chi connectivity index (χ4v) is 1.29. The van der Waals surface area contributed by atoms with Crippen molar-refractivity contribution >= 4 is 0 Å². The van der Waals surface area contributed by atoms with Crippen molar-refractivity contribution in [3.63, 3.8) is 0 Å². The van der Waals surface area contributed by atoms with Crippen molar-refractivity contribution in [2.75, 3.05) is 0 Å². The minimum atomic E-state index is -2.23. The average molecular weight is 254 g/mol. The van der Waals surface area contributed by atoms with Crippen LogP contribution < -0.4 is 0 Å². The summed E-state index contributed by atoms with van der Waals surface area (Å²) >= 11 is 0. The molecule has 0 heterocycles. The Hall–Kier alpha value is -1.17. The standard InChI is InChI=1S/C11H11F5O/c1-11(2,3)10(17)4-5(12)7(14)9(16)8(15)6(4)13/h10,17H,1-3H3/t10-/m1/s1. The first-order valence-corrected chi connectivity index (χ1v) is 4.78. The van der Waals surface area contributed by atoms with E-state index in [4.69, 9.17) is 0 Å². The molecule has 1 aromatic rings. The Bertz CT molecular complexity index is 421. The topological polar surface area (TPSA) is 20.2 Å². The lowest BCUT2D eigenvalue weighted by Gasteiger charge is -2.27. The van der Waals surface area contributed by atoms with E-state index in [1.807, 2.05) is 0 Å². The highest BCUT2D eigenvalue weighted by Crippen LogP contribution is 2.37. The number of rotatable bonds is 1. The number of hydrogen-bond donors (Lipinski definition) is 1. The molecule has 0 saturated heterocycles. The summed E-state index contributed by atoms with van der Waals surface area (Å²) in [5.41, 5.74) is -2.26. The van der Waals surface area contributed by atoms with E-state index in [0.717, 1.165) is 0 Å². The van der Waals surface area contributed by atoms with E-state index in [2.05, 4.69) is 0 Å². The Morgan fingerprint density at radius 2 is 1.06 bits per heavy atom. The molecule has 1 nitrogen and oxygen atoms in total. The molecule has 0 radical (unpaired) electrons. The maximum atomic E-state index is 13.3. The lowest BCUT2D eigenvalue weighted by molar-refractivity contribution is 0.0541. The van der Waals surface area contributed by atoms with Gasteiger partial charge < -0.3 is 5.11 Å². The van der Waals surface area contributed by atoms with Gasteiger partial charge in [0.15, 0.2) is 23.3 Å². The maximum absolute atomic E-state index is 13.3. The molecule has 6 heteroatoms. The monoisotopic (exact) mass is 254 g/mol. The van der Waals surface area contributed by atoms with E-state index in [0.29, 0.717) is 0 Å². The van der Waals surface area contributed by atoms with Crippen molar-refractivity contribution < 1.29 is 27.1 Å². The Kier molecular flexibility index (Phi) is 3.47. The van der Waals surface area contributed by atoms with Gasteiger partial charge in [0.25, 0.3) is 0 Å². The Balaban J connectivity index is 3.55. The van der Waals surface area contributed by atoms with Crippen molar-refractivity contribution in [1.29, 1.82) is 0 Å². The first-order chi connectivity index (χ1) is 7.59. The second-order valence-corrected chi connectivity index (χ2v) is 4.75. The van der Waals surface area contributed by atoms with E-state index in [9.17, 15) is 27.1 Å². The molecule has 0 aliphatic rings. The van der Waals surface area contributed by atoms with E-state index >= 15 is 0 Å². The second kappa shape index (κ2) is 4.25. The van der Waals surface area contributed by atoms with E-state index in [-0.39, 0.29) is 0 Å². The molecular weight excluding hydrogens is 243 g/mol. The van der Waals surface area contributed by atoms with Crippen molar-refractivity contribution in [3.05, 3.63) is 34.6 Å². The van der Waals surface area contributed by atoms with Gasteiger partial charge in [-0.2, -0.15) is 0 Å². The van der Waals surface area contributed by atoms with Gasteiger partial charge in [0, 0.05) is 0 Å². The molecule has 0 bridgehead atoms. The summed E-state index contributed by atoms with van der Waals surface area (Å²) in [7, 11) is 0. The van der Waals surface area contributed by atoms with Crippen LogP contribution in [-0.4, -0.2) is 5.11 Å². The number of hydrogen-bond acceptors (Lipinski definition) is 1. The second-order valence-electron chi connectivity index (χ2n) is 4.75. The summed E-state index contributed by atoms with van der Waals surface area (Å²) < 4.78 is 65.1. The summed E-state index contributed by atoms with van der Waals surface area (Å²) in [5.74, 6) is -10.3. The van der Waals surface area contributed by atoms with E-state index < -0.39 is 46.2 Å². The third kappa shape index (κ3) is 2.26. The highest BCUT2D eigenvalue weighted by Gasteiger charge is 2.34. The number of halogens is 5. The molecule has 0 unspecified atom stereocenters. The molecule has 0 spiro atoms. The van der Waals surface area contributed by atoms with Crippen molar-refractivity contribution in [2.45, 2.75) is 26.9 Å². The molecule has 1 atom stereocenters. The van der Waals surface area contributed by atoms with Crippen molar-refractivity contribution in [3.8, 4) is 0 Å². The van der Waals surface area contributed by atoms with Crippen LogP contribution in [0.3, 0.4) is 0 Å². The van der Waals surface area contributed by atoms with Crippen LogP contribution in [0.2, 0.25) is 0 Å². The van der Waals surface area contributed by atoms with Gasteiger partial charge >= 0.3 is 0 Å². The highest BCUT2D eigenvalue weighted by atomic mass is 19.2. The third-order valence-electron chi connectivity index (χ3n) is 2.34. The predicted octanol–water partition coefficient (Wildman–Crippen LogP) is 3.46. The van der Waals surface area contributed by atoms with Crippen LogP contribution in [0.25, 0.3) is 0 Å². The van der Waals surface area contributed by atoms with Gasteiger partial charge in [-0.15, -0.1) is 0 Å². The first-order valence-electron chi connectivity index (χ1n) is 4.78. The molecule has 1 aromatic carbocycles. The minimum absolute atomic E-state index is 1.06. The van der Waals surface area contributed by atoms with Crippen LogP contribution in [0.15, 0.2) is 0 Å². The predicted molar refractivity (Wildman–Crippen MR) is 50.6 cm³/mol. The number of benzene rings is 1. The maximum Gasteiger partial charge on any atom is 0.200 e. The van der Waals surface area contributed by atoms with Gasteiger partial charge in [0.05, 0.1) is 11.7 Å². The van der Waals surface area contributed by atoms with E-state index in [1.54, 1.807) is 0 Å². The summed E-state index contributed by atoms with van der Waals surface area (Å²) in [5, 5.41) is 9.62. The van der Waals surface area contributed by atoms with Crippen LogP contribution >= 0.6 is 0 Å². The molecule has 0 aromatic heterocycles. The number of aliphatic hydroxyl groups is 1. The smallest absolute Gasteiger partial charge is 0.200 e. The highest BCUT2D eigenvalue weighted by molar-refractivity contribution is 5.27. The molecular formula is C11H11F5O.